The Morgan fingerprint density at radius 1 is 1.16 bits per heavy atom. The molecule has 0 fully saturated rings. The summed E-state index contributed by atoms with van der Waals surface area (Å²) in [7, 11) is 0. The van der Waals surface area contributed by atoms with Crippen molar-refractivity contribution in [1.82, 2.24) is 19.6 Å². The molecular weight excluding hydrogens is 392 g/mol. The van der Waals surface area contributed by atoms with Crippen LogP contribution in [0.25, 0.3) is 5.69 Å². The SMILES string of the molecule is Cc1ccccc1-n1ncc2c1N(CC(=O)N(C(C)C)C(C)C)C(=O)N1CCCN=C21. The highest BCUT2D eigenvalue weighted by molar-refractivity contribution is 6.19. The lowest BCUT2D eigenvalue weighted by molar-refractivity contribution is -0.133. The standard InChI is InChI=1S/C23H30N6O2/c1-15(2)28(16(3)4)20(30)14-27-22-18(21-24-11-8-12-26(21)23(27)31)13-25-29(22)19-10-7-6-9-17(19)5/h6-7,9-10,13,15-16H,8,11-12,14H2,1-5H3. The number of urea groups is 1. The van der Waals surface area contributed by atoms with Crippen LogP contribution in [0.2, 0.25) is 0 Å². The van der Waals surface area contributed by atoms with Crippen molar-refractivity contribution in [3.63, 3.8) is 0 Å². The average Bonchev–Trinajstić information content (AvgIpc) is 3.16. The molecule has 0 atom stereocenters. The van der Waals surface area contributed by atoms with Gasteiger partial charge in [0.2, 0.25) is 5.91 Å². The Kier molecular flexibility index (Phi) is 5.56. The number of carbonyl (C=O) groups is 2. The van der Waals surface area contributed by atoms with E-state index in [1.807, 2.05) is 63.8 Å². The van der Waals surface area contributed by atoms with Gasteiger partial charge in [-0.25, -0.2) is 9.48 Å². The molecule has 0 bridgehead atoms. The lowest BCUT2D eigenvalue weighted by Crippen LogP contribution is -2.57. The zero-order valence-corrected chi connectivity index (χ0v) is 18.9. The van der Waals surface area contributed by atoms with E-state index in [0.29, 0.717) is 24.7 Å². The first kappa shape index (κ1) is 21.1. The van der Waals surface area contributed by atoms with E-state index in [-0.39, 0.29) is 30.6 Å². The molecule has 8 nitrogen and oxygen atoms in total. The number of aryl methyl sites for hydroxylation is 1. The molecule has 0 unspecified atom stereocenters. The summed E-state index contributed by atoms with van der Waals surface area (Å²) in [5, 5.41) is 4.62. The third-order valence-electron chi connectivity index (χ3n) is 5.80. The van der Waals surface area contributed by atoms with Crippen LogP contribution in [-0.2, 0) is 4.79 Å². The number of anilines is 1. The Balaban J connectivity index is 1.83. The summed E-state index contributed by atoms with van der Waals surface area (Å²) < 4.78 is 1.76. The summed E-state index contributed by atoms with van der Waals surface area (Å²) in [6.45, 7) is 11.2. The summed E-state index contributed by atoms with van der Waals surface area (Å²) >= 11 is 0. The molecule has 1 aromatic heterocycles. The summed E-state index contributed by atoms with van der Waals surface area (Å²) in [5.74, 6) is 1.18. The van der Waals surface area contributed by atoms with E-state index in [0.717, 1.165) is 23.2 Å². The van der Waals surface area contributed by atoms with Crippen molar-refractivity contribution in [2.45, 2.75) is 53.1 Å². The van der Waals surface area contributed by atoms with E-state index in [4.69, 9.17) is 0 Å². The number of aliphatic imine (C=N–C) groups is 1. The van der Waals surface area contributed by atoms with Crippen LogP contribution in [0.4, 0.5) is 10.6 Å². The van der Waals surface area contributed by atoms with E-state index in [9.17, 15) is 9.59 Å². The van der Waals surface area contributed by atoms with Crippen molar-refractivity contribution < 1.29 is 9.59 Å². The molecule has 31 heavy (non-hydrogen) atoms. The van der Waals surface area contributed by atoms with Gasteiger partial charge in [0.05, 0.1) is 17.4 Å². The number of aromatic nitrogens is 2. The first-order valence-electron chi connectivity index (χ1n) is 10.9. The monoisotopic (exact) mass is 422 g/mol. The molecule has 4 rings (SSSR count). The highest BCUT2D eigenvalue weighted by Gasteiger charge is 2.41. The molecule has 2 aliphatic heterocycles. The Bertz CT molecular complexity index is 1030. The fourth-order valence-corrected chi connectivity index (χ4v) is 4.53. The Labute approximate surface area is 183 Å². The number of fused-ring (bicyclic) bond motifs is 3. The second-order valence-electron chi connectivity index (χ2n) is 8.65. The van der Waals surface area contributed by atoms with Gasteiger partial charge in [0.25, 0.3) is 0 Å². The number of hydrogen-bond acceptors (Lipinski definition) is 4. The van der Waals surface area contributed by atoms with Crippen LogP contribution in [0, 0.1) is 6.92 Å². The van der Waals surface area contributed by atoms with Crippen LogP contribution in [0.1, 0.15) is 45.2 Å². The normalized spacial score (nSPS) is 15.8. The van der Waals surface area contributed by atoms with E-state index in [1.165, 1.54) is 0 Å². The number of amides is 3. The minimum atomic E-state index is -0.220. The molecule has 1 aromatic carbocycles. The van der Waals surface area contributed by atoms with E-state index >= 15 is 0 Å². The van der Waals surface area contributed by atoms with Gasteiger partial charge in [0.1, 0.15) is 12.4 Å². The van der Waals surface area contributed by atoms with Crippen LogP contribution in [0.15, 0.2) is 35.5 Å². The Morgan fingerprint density at radius 2 is 1.87 bits per heavy atom. The second-order valence-corrected chi connectivity index (χ2v) is 8.65. The number of amidine groups is 1. The van der Waals surface area contributed by atoms with Crippen molar-refractivity contribution in [3.05, 3.63) is 41.6 Å². The Hall–Kier alpha value is -3.16. The largest absolute Gasteiger partial charge is 0.336 e. The smallest absolute Gasteiger partial charge is 0.331 e. The van der Waals surface area contributed by atoms with Crippen molar-refractivity contribution in [1.29, 1.82) is 0 Å². The van der Waals surface area contributed by atoms with Gasteiger partial charge in [-0.05, 0) is 52.7 Å². The van der Waals surface area contributed by atoms with Crippen LogP contribution in [0.5, 0.6) is 0 Å². The molecule has 164 valence electrons. The maximum Gasteiger partial charge on any atom is 0.331 e. The summed E-state index contributed by atoms with van der Waals surface area (Å²) in [5.41, 5.74) is 2.70. The highest BCUT2D eigenvalue weighted by atomic mass is 16.2. The van der Waals surface area contributed by atoms with Crippen LogP contribution < -0.4 is 4.90 Å². The molecule has 0 spiro atoms. The molecular formula is C23H30N6O2. The maximum absolute atomic E-state index is 13.5. The predicted octanol–water partition coefficient (Wildman–Crippen LogP) is 3.22. The Morgan fingerprint density at radius 3 is 2.55 bits per heavy atom. The van der Waals surface area contributed by atoms with Gasteiger partial charge in [0.15, 0.2) is 5.82 Å². The summed E-state index contributed by atoms with van der Waals surface area (Å²) in [6.07, 6.45) is 2.56. The zero-order valence-electron chi connectivity index (χ0n) is 18.9. The minimum absolute atomic E-state index is 0.0381. The number of rotatable bonds is 5. The third-order valence-corrected chi connectivity index (χ3v) is 5.80. The number of nitrogens with zero attached hydrogens (tertiary/aromatic N) is 6. The number of hydrogen-bond donors (Lipinski definition) is 0. The third kappa shape index (κ3) is 3.60. The van der Waals surface area contributed by atoms with Crippen LogP contribution in [0.3, 0.4) is 0 Å². The summed E-state index contributed by atoms with van der Waals surface area (Å²) in [6, 6.07) is 7.75. The number of carbonyl (C=O) groups excluding carboxylic acids is 2. The first-order chi connectivity index (χ1) is 14.8. The van der Waals surface area contributed by atoms with Crippen LogP contribution >= 0.6 is 0 Å². The van der Waals surface area contributed by atoms with E-state index < -0.39 is 0 Å². The highest BCUT2D eigenvalue weighted by Crippen LogP contribution is 2.33. The van der Waals surface area contributed by atoms with Gasteiger partial charge in [-0.15, -0.1) is 0 Å². The van der Waals surface area contributed by atoms with Gasteiger partial charge in [0, 0.05) is 25.2 Å². The lowest BCUT2D eigenvalue weighted by Gasteiger charge is -2.39. The zero-order chi connectivity index (χ0) is 22.3. The van der Waals surface area contributed by atoms with Crippen molar-refractivity contribution in [2.24, 2.45) is 4.99 Å². The molecule has 0 aliphatic carbocycles. The topological polar surface area (TPSA) is 74.0 Å². The molecule has 0 saturated carbocycles. The average molecular weight is 423 g/mol. The molecule has 2 aliphatic rings. The molecule has 0 saturated heterocycles. The van der Waals surface area contributed by atoms with Gasteiger partial charge in [-0.3, -0.25) is 19.6 Å². The number of para-hydroxylation sites is 1. The fourth-order valence-electron chi connectivity index (χ4n) is 4.53. The van der Waals surface area contributed by atoms with E-state index in [2.05, 4.69) is 10.1 Å². The molecule has 3 amide bonds. The fraction of sp³-hybridized carbons (Fsp3) is 0.478. The second kappa shape index (κ2) is 8.17. The molecule has 0 radical (unpaired) electrons. The van der Waals surface area contributed by atoms with E-state index in [1.54, 1.807) is 20.7 Å². The van der Waals surface area contributed by atoms with Gasteiger partial charge >= 0.3 is 6.03 Å². The lowest BCUT2D eigenvalue weighted by atomic mass is 10.1. The first-order valence-corrected chi connectivity index (χ1v) is 10.9. The molecule has 8 heteroatoms. The minimum Gasteiger partial charge on any atom is -0.336 e. The van der Waals surface area contributed by atoms with Crippen molar-refractivity contribution >= 4 is 23.6 Å². The number of benzene rings is 1. The van der Waals surface area contributed by atoms with Gasteiger partial charge in [-0.2, -0.15) is 5.10 Å². The molecule has 2 aromatic rings. The van der Waals surface area contributed by atoms with Crippen LogP contribution in [-0.4, -0.2) is 69.1 Å². The van der Waals surface area contributed by atoms with Gasteiger partial charge in [-0.1, -0.05) is 18.2 Å². The predicted molar refractivity (Wildman–Crippen MR) is 121 cm³/mol. The molecule has 0 N–H and O–H groups in total. The van der Waals surface area contributed by atoms with Gasteiger partial charge < -0.3 is 4.90 Å². The van der Waals surface area contributed by atoms with Crippen molar-refractivity contribution in [3.8, 4) is 5.69 Å². The summed E-state index contributed by atoms with van der Waals surface area (Å²) in [4.78, 5) is 36.5. The van der Waals surface area contributed by atoms with Crippen molar-refractivity contribution in [2.75, 3.05) is 24.5 Å². The molecule has 3 heterocycles. The maximum atomic E-state index is 13.5. The quantitative estimate of drug-likeness (QED) is 0.743.